The number of rotatable bonds is 15. The number of ether oxygens (including phenoxy) is 3. The van der Waals surface area contributed by atoms with Crippen molar-refractivity contribution in [3.8, 4) is 0 Å². The van der Waals surface area contributed by atoms with E-state index in [9.17, 15) is 34.6 Å². The molecule has 16 heteroatoms. The first-order valence-corrected chi connectivity index (χ1v) is 10.0. The van der Waals surface area contributed by atoms with Crippen molar-refractivity contribution in [2.75, 3.05) is 26.4 Å². The molecule has 1 rings (SSSR count). The highest BCUT2D eigenvalue weighted by Crippen LogP contribution is 2.38. The summed E-state index contributed by atoms with van der Waals surface area (Å²) >= 11 is 0. The minimum Gasteiger partial charge on any atom is -0.481 e. The van der Waals surface area contributed by atoms with E-state index in [-0.39, 0.29) is 13.0 Å². The Balaban J connectivity index is 2.36. The van der Waals surface area contributed by atoms with E-state index in [1.54, 1.807) is 0 Å². The summed E-state index contributed by atoms with van der Waals surface area (Å²) in [4.78, 5) is 63.5. The van der Waals surface area contributed by atoms with Gasteiger partial charge in [-0.3, -0.25) is 4.79 Å². The van der Waals surface area contributed by atoms with Crippen molar-refractivity contribution in [3.63, 3.8) is 0 Å². The second-order valence-corrected chi connectivity index (χ2v) is 7.43. The molecule has 0 aromatic carbocycles. The minimum atomic E-state index is -1.46. The Morgan fingerprint density at radius 1 is 1.06 bits per heavy atom. The molecule has 0 aromatic heterocycles. The lowest BCUT2D eigenvalue weighted by Crippen LogP contribution is -2.41. The fourth-order valence-electron chi connectivity index (χ4n) is 3.38. The van der Waals surface area contributed by atoms with E-state index in [1.165, 1.54) is 6.92 Å². The number of hydrogen-bond acceptors (Lipinski definition) is 12. The number of esters is 1. The second kappa shape index (κ2) is 13.9. The predicted molar refractivity (Wildman–Crippen MR) is 103 cm³/mol. The SMILES string of the molecule is CC(OC(=O)COC[C@H](CO[N+](=O)[O-])O[N+](=O)[O-])OC(=O)NCC1(CC(=O)O)CCCCC1. The number of aliphatic carboxylic acids is 1. The van der Waals surface area contributed by atoms with Crippen LogP contribution in [0.2, 0.25) is 0 Å². The topological polar surface area (TPSA) is 216 Å². The molecule has 2 N–H and O–H groups in total. The molecular formula is C17H27N3O13. The Morgan fingerprint density at radius 2 is 1.73 bits per heavy atom. The number of carboxylic acids is 1. The number of alkyl carbamates (subject to hydrolysis) is 1. The lowest BCUT2D eigenvalue weighted by molar-refractivity contribution is -0.790. The second-order valence-electron chi connectivity index (χ2n) is 7.43. The lowest BCUT2D eigenvalue weighted by Gasteiger charge is -2.36. The van der Waals surface area contributed by atoms with Crippen LogP contribution >= 0.6 is 0 Å². The molecule has 1 aliphatic rings. The summed E-state index contributed by atoms with van der Waals surface area (Å²) in [6.45, 7) is -0.745. The van der Waals surface area contributed by atoms with Crippen molar-refractivity contribution in [1.29, 1.82) is 0 Å². The van der Waals surface area contributed by atoms with Gasteiger partial charge in [0.15, 0.2) is 6.10 Å². The molecule has 1 fully saturated rings. The van der Waals surface area contributed by atoms with E-state index in [1.807, 2.05) is 0 Å². The first-order chi connectivity index (χ1) is 15.5. The number of nitrogens with one attached hydrogen (secondary N) is 1. The zero-order valence-corrected chi connectivity index (χ0v) is 18.0. The molecule has 2 atom stereocenters. The number of hydrogen-bond donors (Lipinski definition) is 2. The van der Waals surface area contributed by atoms with Crippen LogP contribution in [0.15, 0.2) is 0 Å². The van der Waals surface area contributed by atoms with Crippen LogP contribution in [0.5, 0.6) is 0 Å². The molecule has 0 spiro atoms. The highest BCUT2D eigenvalue weighted by atomic mass is 17.0. The average Bonchev–Trinajstić information content (AvgIpc) is 2.70. The third-order valence-corrected chi connectivity index (χ3v) is 4.74. The summed E-state index contributed by atoms with van der Waals surface area (Å²) in [6, 6.07) is 0. The molecule has 188 valence electrons. The van der Waals surface area contributed by atoms with Crippen LogP contribution in [-0.2, 0) is 33.5 Å². The Hall–Kier alpha value is -3.43. The zero-order valence-electron chi connectivity index (χ0n) is 18.0. The summed E-state index contributed by atoms with van der Waals surface area (Å²) in [6.07, 6.45) is 0.300. The fourth-order valence-corrected chi connectivity index (χ4v) is 3.38. The van der Waals surface area contributed by atoms with Crippen LogP contribution in [0.1, 0.15) is 45.4 Å². The maximum Gasteiger partial charge on any atom is 0.410 e. The van der Waals surface area contributed by atoms with Gasteiger partial charge in [0.05, 0.1) is 13.0 Å². The van der Waals surface area contributed by atoms with Gasteiger partial charge in [0.25, 0.3) is 10.2 Å². The highest BCUT2D eigenvalue weighted by molar-refractivity contribution is 5.71. The lowest BCUT2D eigenvalue weighted by atomic mass is 9.72. The van der Waals surface area contributed by atoms with Gasteiger partial charge in [-0.2, -0.15) is 0 Å². The van der Waals surface area contributed by atoms with Crippen molar-refractivity contribution < 1.29 is 53.5 Å². The summed E-state index contributed by atoms with van der Waals surface area (Å²) < 4.78 is 14.6. The average molecular weight is 481 g/mol. The molecule has 1 saturated carbocycles. The van der Waals surface area contributed by atoms with E-state index in [4.69, 9.17) is 19.3 Å². The van der Waals surface area contributed by atoms with Gasteiger partial charge in [-0.1, -0.05) is 19.3 Å². The van der Waals surface area contributed by atoms with Crippen LogP contribution < -0.4 is 5.32 Å². The van der Waals surface area contributed by atoms with Crippen molar-refractivity contribution in [3.05, 3.63) is 20.2 Å². The third-order valence-electron chi connectivity index (χ3n) is 4.74. The van der Waals surface area contributed by atoms with Gasteiger partial charge in [0, 0.05) is 13.5 Å². The first kappa shape index (κ1) is 27.6. The van der Waals surface area contributed by atoms with E-state index < -0.39 is 65.8 Å². The normalized spacial score (nSPS) is 16.5. The van der Waals surface area contributed by atoms with Crippen LogP contribution in [0.4, 0.5) is 4.79 Å². The van der Waals surface area contributed by atoms with Crippen molar-refractivity contribution in [2.45, 2.75) is 57.8 Å². The van der Waals surface area contributed by atoms with Gasteiger partial charge in [-0.25, -0.2) is 9.59 Å². The summed E-state index contributed by atoms with van der Waals surface area (Å²) in [5.74, 6) is -1.94. The molecule has 0 aromatic rings. The van der Waals surface area contributed by atoms with E-state index in [0.717, 1.165) is 19.3 Å². The van der Waals surface area contributed by atoms with Gasteiger partial charge in [0.1, 0.15) is 13.2 Å². The molecule has 16 nitrogen and oxygen atoms in total. The van der Waals surface area contributed by atoms with Crippen LogP contribution in [0.25, 0.3) is 0 Å². The van der Waals surface area contributed by atoms with E-state index in [0.29, 0.717) is 12.8 Å². The maximum atomic E-state index is 12.0. The number of amides is 1. The molecule has 0 heterocycles. The molecule has 0 aliphatic heterocycles. The summed E-state index contributed by atoms with van der Waals surface area (Å²) in [5, 5.41) is 29.8. The number of carbonyl (C=O) groups is 3. The van der Waals surface area contributed by atoms with Crippen molar-refractivity contribution in [2.24, 2.45) is 5.41 Å². The Bertz CT molecular complexity index is 696. The molecule has 1 amide bonds. The van der Waals surface area contributed by atoms with Crippen LogP contribution in [0.3, 0.4) is 0 Å². The highest BCUT2D eigenvalue weighted by Gasteiger charge is 2.35. The van der Waals surface area contributed by atoms with Gasteiger partial charge in [0.2, 0.25) is 6.29 Å². The predicted octanol–water partition coefficient (Wildman–Crippen LogP) is 0.829. The van der Waals surface area contributed by atoms with Gasteiger partial charge < -0.3 is 34.3 Å². The number of carbonyl (C=O) groups excluding carboxylic acids is 2. The molecular weight excluding hydrogens is 454 g/mol. The van der Waals surface area contributed by atoms with Gasteiger partial charge >= 0.3 is 18.0 Å². The quantitative estimate of drug-likeness (QED) is 0.143. The van der Waals surface area contributed by atoms with Gasteiger partial charge in [-0.05, 0) is 18.3 Å². The van der Waals surface area contributed by atoms with Crippen LogP contribution in [-0.4, -0.2) is 72.1 Å². The fraction of sp³-hybridized carbons (Fsp3) is 0.824. The molecule has 0 bridgehead atoms. The summed E-state index contributed by atoms with van der Waals surface area (Å²) in [7, 11) is 0. The van der Waals surface area contributed by atoms with E-state index >= 15 is 0 Å². The Kier molecular flexibility index (Phi) is 11.6. The van der Waals surface area contributed by atoms with Crippen molar-refractivity contribution >= 4 is 18.0 Å². The minimum absolute atomic E-state index is 0.0803. The zero-order chi connectivity index (χ0) is 24.9. The molecule has 0 saturated heterocycles. The summed E-state index contributed by atoms with van der Waals surface area (Å²) in [5.41, 5.74) is -0.557. The maximum absolute atomic E-state index is 12.0. The largest absolute Gasteiger partial charge is 0.481 e. The van der Waals surface area contributed by atoms with Crippen molar-refractivity contribution in [1.82, 2.24) is 5.32 Å². The number of carboxylic acid groups (broad SMARTS) is 1. The molecule has 33 heavy (non-hydrogen) atoms. The van der Waals surface area contributed by atoms with Crippen LogP contribution in [0, 0.1) is 25.6 Å². The smallest absolute Gasteiger partial charge is 0.410 e. The first-order valence-electron chi connectivity index (χ1n) is 10.0. The van der Waals surface area contributed by atoms with E-state index in [2.05, 4.69) is 15.0 Å². The molecule has 0 radical (unpaired) electrons. The number of nitrogens with zero attached hydrogens (tertiary/aromatic N) is 2. The Labute approximate surface area is 187 Å². The standard InChI is InChI=1S/C17H27N3O13/c1-12(31-15(23)10-29-8-13(33-20(27)28)9-30-19(25)26)32-16(24)18-11-17(7-14(21)22)5-3-2-4-6-17/h12-13H,2-11H2,1H3,(H,18,24)(H,21,22)/t12?,13-/m1/s1. The molecule has 1 aliphatic carbocycles. The third kappa shape index (κ3) is 12.3. The van der Waals surface area contributed by atoms with Gasteiger partial charge in [-0.15, -0.1) is 20.2 Å². The molecule has 1 unspecified atom stereocenters. The monoisotopic (exact) mass is 481 g/mol. The Morgan fingerprint density at radius 3 is 2.30 bits per heavy atom.